The van der Waals surface area contributed by atoms with Crippen LogP contribution in [0.1, 0.15) is 52.4 Å². The lowest BCUT2D eigenvalue weighted by Gasteiger charge is -2.36. The summed E-state index contributed by atoms with van der Waals surface area (Å²) in [7, 11) is 1.57. The number of hydrogen-bond acceptors (Lipinski definition) is 6. The molecule has 3 aromatic carbocycles. The number of Topliss-reactive ketones (excluding diaryl/α,β-unsaturated/α-hetero) is 1. The average molecular weight is 528 g/mol. The summed E-state index contributed by atoms with van der Waals surface area (Å²) < 4.78 is 21.1. The molecule has 1 saturated heterocycles. The predicted octanol–water partition coefficient (Wildman–Crippen LogP) is 6.53. The first-order valence-corrected chi connectivity index (χ1v) is 13.9. The second-order valence-corrected chi connectivity index (χ2v) is 11.4. The molecule has 4 aromatic rings. The number of aliphatic imine (C=N–C) groups is 1. The van der Waals surface area contributed by atoms with Crippen molar-refractivity contribution in [1.29, 1.82) is 0 Å². The van der Waals surface area contributed by atoms with E-state index in [2.05, 4.69) is 28.9 Å². The number of carbonyl (C=O) groups is 1. The van der Waals surface area contributed by atoms with Crippen molar-refractivity contribution < 1.29 is 13.9 Å². The number of rotatable bonds is 7. The lowest BCUT2D eigenvalue weighted by atomic mass is 9.85. The van der Waals surface area contributed by atoms with Gasteiger partial charge in [0, 0.05) is 48.3 Å². The fourth-order valence-electron chi connectivity index (χ4n) is 5.97. The Morgan fingerprint density at radius 3 is 2.92 bits per heavy atom. The lowest BCUT2D eigenvalue weighted by Crippen LogP contribution is -2.40. The lowest BCUT2D eigenvalue weighted by molar-refractivity contribution is 0.0856. The van der Waals surface area contributed by atoms with Crippen molar-refractivity contribution in [3.8, 4) is 5.75 Å². The summed E-state index contributed by atoms with van der Waals surface area (Å²) in [6.07, 6.45) is 1.47. The van der Waals surface area contributed by atoms with Gasteiger partial charge in [0.05, 0.1) is 35.1 Å². The van der Waals surface area contributed by atoms with Gasteiger partial charge in [0.25, 0.3) is 0 Å². The molecule has 5 nitrogen and oxygen atoms in total. The molecule has 2 aliphatic heterocycles. The van der Waals surface area contributed by atoms with Crippen molar-refractivity contribution in [3.05, 3.63) is 93.7 Å². The molecule has 6 rings (SSSR count). The molecule has 1 fully saturated rings. The number of methoxy groups -OCH3 is 1. The van der Waals surface area contributed by atoms with Crippen LogP contribution in [0.4, 0.5) is 4.39 Å². The van der Waals surface area contributed by atoms with Crippen LogP contribution in [-0.4, -0.2) is 41.6 Å². The van der Waals surface area contributed by atoms with Crippen LogP contribution in [-0.2, 0) is 13.1 Å². The molecule has 0 bridgehead atoms. The monoisotopic (exact) mass is 527 g/mol. The highest BCUT2D eigenvalue weighted by Gasteiger charge is 2.29. The van der Waals surface area contributed by atoms with Crippen LogP contribution in [0.25, 0.3) is 10.2 Å². The molecule has 2 atom stereocenters. The van der Waals surface area contributed by atoms with Crippen molar-refractivity contribution in [2.24, 2.45) is 16.8 Å². The van der Waals surface area contributed by atoms with Gasteiger partial charge < -0.3 is 4.74 Å². The van der Waals surface area contributed by atoms with Gasteiger partial charge in [-0.25, -0.2) is 9.37 Å². The van der Waals surface area contributed by atoms with E-state index in [1.807, 2.05) is 29.8 Å². The minimum absolute atomic E-state index is 0.152. The number of piperidine rings is 1. The fourth-order valence-corrected chi connectivity index (χ4v) is 6.69. The molecule has 0 saturated carbocycles. The first-order valence-electron chi connectivity index (χ1n) is 13.1. The Balaban J connectivity index is 1.18. The van der Waals surface area contributed by atoms with Crippen molar-refractivity contribution >= 4 is 33.0 Å². The number of halogens is 1. The van der Waals surface area contributed by atoms with E-state index in [0.717, 1.165) is 57.7 Å². The number of ketones is 1. The van der Waals surface area contributed by atoms with Gasteiger partial charge in [0.2, 0.25) is 0 Å². The maximum absolute atomic E-state index is 14.6. The molecular weight excluding hydrogens is 497 g/mol. The molecule has 0 spiro atoms. The van der Waals surface area contributed by atoms with Crippen molar-refractivity contribution in [3.63, 3.8) is 0 Å². The van der Waals surface area contributed by atoms with E-state index >= 15 is 0 Å². The van der Waals surface area contributed by atoms with E-state index in [4.69, 9.17) is 9.73 Å². The number of hydrogen-bond donors (Lipinski definition) is 0. The van der Waals surface area contributed by atoms with Gasteiger partial charge in [-0.15, -0.1) is 11.3 Å². The summed E-state index contributed by atoms with van der Waals surface area (Å²) in [4.78, 5) is 24.9. The first kappa shape index (κ1) is 24.9. The number of aromatic nitrogens is 1. The molecule has 194 valence electrons. The van der Waals surface area contributed by atoms with Crippen LogP contribution < -0.4 is 4.74 Å². The number of nitrogens with zero attached hydrogens (tertiary/aromatic N) is 3. The summed E-state index contributed by atoms with van der Waals surface area (Å²) in [5.41, 5.74) is 8.36. The van der Waals surface area contributed by atoms with Crippen molar-refractivity contribution in [2.75, 3.05) is 20.2 Å². The topological polar surface area (TPSA) is 54.8 Å². The molecule has 0 N–H and O–H groups in total. The van der Waals surface area contributed by atoms with Crippen molar-refractivity contribution in [2.45, 2.75) is 32.9 Å². The van der Waals surface area contributed by atoms with Gasteiger partial charge in [0.15, 0.2) is 5.78 Å². The Hall–Kier alpha value is -3.42. The van der Waals surface area contributed by atoms with E-state index in [1.54, 1.807) is 30.6 Å². The summed E-state index contributed by atoms with van der Waals surface area (Å²) >= 11 is 1.62. The van der Waals surface area contributed by atoms with Crippen LogP contribution in [0.3, 0.4) is 0 Å². The fraction of sp³-hybridized carbons (Fsp3) is 0.323. The zero-order valence-electron chi connectivity index (χ0n) is 21.6. The van der Waals surface area contributed by atoms with Gasteiger partial charge in [-0.3, -0.25) is 14.7 Å². The second-order valence-electron chi connectivity index (χ2n) is 10.5. The van der Waals surface area contributed by atoms with Crippen LogP contribution in [0.15, 0.2) is 65.1 Å². The molecule has 7 heteroatoms. The predicted molar refractivity (Wildman–Crippen MR) is 150 cm³/mol. The van der Waals surface area contributed by atoms with Crippen LogP contribution in [0.5, 0.6) is 5.75 Å². The molecule has 0 radical (unpaired) electrons. The van der Waals surface area contributed by atoms with Gasteiger partial charge in [-0.05, 0) is 54.2 Å². The number of fused-ring (bicyclic) bond motifs is 2. The molecule has 0 aliphatic carbocycles. The first-order chi connectivity index (χ1) is 18.5. The zero-order chi connectivity index (χ0) is 26.2. The Kier molecular flexibility index (Phi) is 6.80. The smallest absolute Gasteiger partial charge is 0.163 e. The third-order valence-electron chi connectivity index (χ3n) is 7.67. The van der Waals surface area contributed by atoms with Gasteiger partial charge in [-0.1, -0.05) is 31.2 Å². The minimum Gasteiger partial charge on any atom is -0.496 e. The molecule has 0 amide bonds. The molecule has 2 aliphatic rings. The number of benzene rings is 3. The normalized spacial score (nSPS) is 19.4. The zero-order valence-corrected chi connectivity index (χ0v) is 22.4. The van der Waals surface area contributed by atoms with Crippen LogP contribution in [0.2, 0.25) is 0 Å². The molecular formula is C31H30FN3O2S. The summed E-state index contributed by atoms with van der Waals surface area (Å²) in [5, 5.41) is 0. The third kappa shape index (κ3) is 4.88. The highest BCUT2D eigenvalue weighted by Crippen LogP contribution is 2.31. The molecule has 1 aromatic heterocycles. The van der Waals surface area contributed by atoms with Gasteiger partial charge in [-0.2, -0.15) is 0 Å². The Labute approximate surface area is 226 Å². The Morgan fingerprint density at radius 2 is 2.05 bits per heavy atom. The van der Waals surface area contributed by atoms with Crippen molar-refractivity contribution in [1.82, 2.24) is 9.88 Å². The highest BCUT2D eigenvalue weighted by molar-refractivity contribution is 7.16. The molecule has 3 heterocycles. The number of ether oxygens (including phenoxy) is 1. The number of thiazole rings is 1. The molecule has 38 heavy (non-hydrogen) atoms. The van der Waals surface area contributed by atoms with E-state index < -0.39 is 0 Å². The molecule has 0 unspecified atom stereocenters. The van der Waals surface area contributed by atoms with E-state index in [-0.39, 0.29) is 17.5 Å². The highest BCUT2D eigenvalue weighted by atomic mass is 32.1. The van der Waals surface area contributed by atoms with Gasteiger partial charge >= 0.3 is 0 Å². The number of carbonyl (C=O) groups excluding carboxylic acids is 1. The SMILES string of the molecule is COc1cccc(F)c1CN1C[C@H](C)C[C@H](CC(=O)c2ccc3c(c2)C(c2ccc4ncsc4c2)=NC3)C1. The summed E-state index contributed by atoms with van der Waals surface area (Å²) in [6.45, 7) is 4.97. The van der Waals surface area contributed by atoms with Crippen LogP contribution >= 0.6 is 11.3 Å². The largest absolute Gasteiger partial charge is 0.496 e. The standard InChI is InChI=1S/C31H30FN3O2S/c1-19-10-20(16-35(15-19)17-25-26(32)4-3-5-29(25)37-2)11-28(36)21-6-7-23-14-33-31(24(23)12-21)22-8-9-27-30(13-22)38-18-34-27/h3-9,12-13,18-20H,10-11,14-17H2,1-2H3/t19-,20-/m1/s1. The average Bonchev–Trinajstić information content (AvgIpc) is 3.55. The second kappa shape index (κ2) is 10.4. The Morgan fingerprint density at radius 1 is 1.16 bits per heavy atom. The third-order valence-corrected chi connectivity index (χ3v) is 8.46. The van der Waals surface area contributed by atoms with Gasteiger partial charge in [0.1, 0.15) is 11.6 Å². The minimum atomic E-state index is -0.250. The quantitative estimate of drug-likeness (QED) is 0.257. The summed E-state index contributed by atoms with van der Waals surface area (Å²) in [6, 6.07) is 17.2. The summed E-state index contributed by atoms with van der Waals surface area (Å²) in [5.74, 6) is 1.12. The van der Waals surface area contributed by atoms with E-state index in [1.165, 1.54) is 6.07 Å². The van der Waals surface area contributed by atoms with E-state index in [0.29, 0.717) is 36.7 Å². The Bertz CT molecular complexity index is 1550. The number of likely N-dealkylation sites (tertiary alicyclic amines) is 1. The maximum atomic E-state index is 14.6. The van der Waals surface area contributed by atoms with Crippen LogP contribution in [0, 0.1) is 17.7 Å². The maximum Gasteiger partial charge on any atom is 0.163 e. The van der Waals surface area contributed by atoms with E-state index in [9.17, 15) is 9.18 Å².